The molecule has 1 aliphatic rings. The monoisotopic (exact) mass is 157 g/mol. The Balaban J connectivity index is 2.09. The number of hydrogen-bond donors (Lipinski definition) is 2. The van der Waals surface area contributed by atoms with E-state index in [1.807, 2.05) is 0 Å². The molecule has 1 rings (SSSR count). The number of nitrogens with one attached hydrogen (secondary N) is 1. The zero-order valence-electron chi connectivity index (χ0n) is 6.84. The van der Waals surface area contributed by atoms with Crippen LogP contribution in [0.2, 0.25) is 0 Å². The molecule has 0 heterocycles. The van der Waals surface area contributed by atoms with Crippen molar-refractivity contribution >= 4 is 5.91 Å². The summed E-state index contributed by atoms with van der Waals surface area (Å²) >= 11 is 0. The van der Waals surface area contributed by atoms with Crippen LogP contribution >= 0.6 is 0 Å². The molecule has 1 fully saturated rings. The molecule has 0 aromatic carbocycles. The molecular weight excluding hydrogens is 142 g/mol. The van der Waals surface area contributed by atoms with Gasteiger partial charge in [-0.2, -0.15) is 0 Å². The maximum Gasteiger partial charge on any atom is 0.222 e. The number of amides is 1. The highest BCUT2D eigenvalue weighted by molar-refractivity contribution is 5.76. The lowest BCUT2D eigenvalue weighted by atomic mass is 9.93. The smallest absolute Gasteiger partial charge is 0.222 e. The Morgan fingerprint density at radius 2 is 2.36 bits per heavy atom. The zero-order chi connectivity index (χ0) is 8.27. The van der Waals surface area contributed by atoms with Gasteiger partial charge < -0.3 is 10.4 Å². The fourth-order valence-corrected chi connectivity index (χ4v) is 1.11. The van der Waals surface area contributed by atoms with Crippen LogP contribution in [-0.2, 0) is 4.79 Å². The van der Waals surface area contributed by atoms with Crippen LogP contribution < -0.4 is 5.32 Å². The van der Waals surface area contributed by atoms with E-state index in [1.165, 1.54) is 6.42 Å². The molecule has 1 saturated carbocycles. The minimum atomic E-state index is -0.518. The Morgan fingerprint density at radius 3 is 2.73 bits per heavy atom. The van der Waals surface area contributed by atoms with Crippen molar-refractivity contribution in [3.8, 4) is 0 Å². The summed E-state index contributed by atoms with van der Waals surface area (Å²) in [5, 5.41) is 11.7. The predicted molar refractivity (Wildman–Crippen MR) is 42.1 cm³/mol. The van der Waals surface area contributed by atoms with Crippen molar-refractivity contribution in [1.82, 2.24) is 5.32 Å². The first-order valence-electron chi connectivity index (χ1n) is 4.16. The van der Waals surface area contributed by atoms with Gasteiger partial charge in [-0.05, 0) is 26.2 Å². The summed E-state index contributed by atoms with van der Waals surface area (Å²) < 4.78 is 0. The lowest BCUT2D eigenvalue weighted by Gasteiger charge is -2.26. The molecule has 1 unspecified atom stereocenters. The van der Waals surface area contributed by atoms with E-state index in [9.17, 15) is 4.79 Å². The van der Waals surface area contributed by atoms with Crippen LogP contribution in [0.1, 0.15) is 32.6 Å². The number of rotatable bonds is 3. The van der Waals surface area contributed by atoms with Gasteiger partial charge in [0.1, 0.15) is 0 Å². The van der Waals surface area contributed by atoms with Crippen molar-refractivity contribution in [2.75, 3.05) is 0 Å². The quantitative estimate of drug-likeness (QED) is 0.624. The first kappa shape index (κ1) is 8.53. The van der Waals surface area contributed by atoms with Crippen molar-refractivity contribution in [3.63, 3.8) is 0 Å². The molecule has 0 aromatic rings. The molecule has 2 N–H and O–H groups in total. The molecule has 3 heteroatoms. The molecule has 0 spiro atoms. The van der Waals surface area contributed by atoms with Gasteiger partial charge in [-0.1, -0.05) is 0 Å². The molecule has 1 aliphatic carbocycles. The number of carbonyl (C=O) groups is 1. The SMILES string of the molecule is CC(O)CC(=O)NC1CCC1. The normalized spacial score (nSPS) is 20.5. The van der Waals surface area contributed by atoms with E-state index in [-0.39, 0.29) is 12.3 Å². The Morgan fingerprint density at radius 1 is 1.73 bits per heavy atom. The van der Waals surface area contributed by atoms with E-state index in [0.29, 0.717) is 6.04 Å². The molecule has 1 amide bonds. The minimum absolute atomic E-state index is 0.0234. The Kier molecular flexibility index (Phi) is 2.88. The average molecular weight is 157 g/mol. The maximum absolute atomic E-state index is 11.0. The summed E-state index contributed by atoms with van der Waals surface area (Å²) in [5.74, 6) is -0.0234. The second-order valence-electron chi connectivity index (χ2n) is 3.25. The summed E-state index contributed by atoms with van der Waals surface area (Å²) in [6.45, 7) is 1.63. The second kappa shape index (κ2) is 3.72. The van der Waals surface area contributed by atoms with Crippen LogP contribution in [0.5, 0.6) is 0 Å². The molecule has 0 radical (unpaired) electrons. The predicted octanol–water partition coefficient (Wildman–Crippen LogP) is 0.426. The van der Waals surface area contributed by atoms with Crippen LogP contribution in [-0.4, -0.2) is 23.2 Å². The van der Waals surface area contributed by atoms with Crippen molar-refractivity contribution in [3.05, 3.63) is 0 Å². The highest BCUT2D eigenvalue weighted by Gasteiger charge is 2.19. The molecule has 64 valence electrons. The third-order valence-corrected chi connectivity index (χ3v) is 1.95. The Hall–Kier alpha value is -0.570. The van der Waals surface area contributed by atoms with Crippen molar-refractivity contribution in [2.24, 2.45) is 0 Å². The largest absolute Gasteiger partial charge is 0.393 e. The molecule has 3 nitrogen and oxygen atoms in total. The minimum Gasteiger partial charge on any atom is -0.393 e. The number of hydrogen-bond acceptors (Lipinski definition) is 2. The van der Waals surface area contributed by atoms with Gasteiger partial charge in [0, 0.05) is 6.04 Å². The van der Waals surface area contributed by atoms with Gasteiger partial charge in [0.05, 0.1) is 12.5 Å². The molecule has 0 saturated heterocycles. The van der Waals surface area contributed by atoms with E-state index in [2.05, 4.69) is 5.32 Å². The number of carbonyl (C=O) groups excluding carboxylic acids is 1. The molecular formula is C8H15NO2. The van der Waals surface area contributed by atoms with Gasteiger partial charge in [0.2, 0.25) is 5.91 Å². The van der Waals surface area contributed by atoms with Gasteiger partial charge in [0.25, 0.3) is 0 Å². The summed E-state index contributed by atoms with van der Waals surface area (Å²) in [4.78, 5) is 11.0. The van der Waals surface area contributed by atoms with E-state index in [1.54, 1.807) is 6.92 Å². The second-order valence-corrected chi connectivity index (χ2v) is 3.25. The van der Waals surface area contributed by atoms with Crippen LogP contribution in [0, 0.1) is 0 Å². The average Bonchev–Trinajstić information content (AvgIpc) is 1.77. The summed E-state index contributed by atoms with van der Waals surface area (Å²) in [6.07, 6.45) is 3.14. The summed E-state index contributed by atoms with van der Waals surface area (Å²) in [5.41, 5.74) is 0. The van der Waals surface area contributed by atoms with Crippen LogP contribution in [0.15, 0.2) is 0 Å². The summed E-state index contributed by atoms with van der Waals surface area (Å²) in [6, 6.07) is 0.390. The molecule has 0 aromatic heterocycles. The first-order valence-corrected chi connectivity index (χ1v) is 4.16. The van der Waals surface area contributed by atoms with Crippen molar-refractivity contribution in [2.45, 2.75) is 44.8 Å². The van der Waals surface area contributed by atoms with E-state index >= 15 is 0 Å². The van der Waals surface area contributed by atoms with Gasteiger partial charge in [-0.15, -0.1) is 0 Å². The fraction of sp³-hybridized carbons (Fsp3) is 0.875. The fourth-order valence-electron chi connectivity index (χ4n) is 1.11. The van der Waals surface area contributed by atoms with E-state index in [4.69, 9.17) is 5.11 Å². The highest BCUT2D eigenvalue weighted by atomic mass is 16.3. The van der Waals surface area contributed by atoms with Gasteiger partial charge in [-0.25, -0.2) is 0 Å². The lowest BCUT2D eigenvalue weighted by molar-refractivity contribution is -0.124. The molecule has 0 bridgehead atoms. The topological polar surface area (TPSA) is 49.3 Å². The molecule has 11 heavy (non-hydrogen) atoms. The van der Waals surface area contributed by atoms with Gasteiger partial charge >= 0.3 is 0 Å². The maximum atomic E-state index is 11.0. The van der Waals surface area contributed by atoms with Gasteiger partial charge in [-0.3, -0.25) is 4.79 Å². The van der Waals surface area contributed by atoms with E-state index < -0.39 is 6.10 Å². The Bertz CT molecular complexity index is 141. The number of aliphatic hydroxyl groups is 1. The third-order valence-electron chi connectivity index (χ3n) is 1.95. The first-order chi connectivity index (χ1) is 5.18. The summed E-state index contributed by atoms with van der Waals surface area (Å²) in [7, 11) is 0. The van der Waals surface area contributed by atoms with Crippen molar-refractivity contribution in [1.29, 1.82) is 0 Å². The van der Waals surface area contributed by atoms with E-state index in [0.717, 1.165) is 12.8 Å². The van der Waals surface area contributed by atoms with Gasteiger partial charge in [0.15, 0.2) is 0 Å². The molecule has 1 atom stereocenters. The van der Waals surface area contributed by atoms with Crippen molar-refractivity contribution < 1.29 is 9.90 Å². The lowest BCUT2D eigenvalue weighted by Crippen LogP contribution is -2.40. The van der Waals surface area contributed by atoms with Crippen LogP contribution in [0.4, 0.5) is 0 Å². The standard InChI is InChI=1S/C8H15NO2/c1-6(10)5-8(11)9-7-3-2-4-7/h6-7,10H,2-5H2,1H3,(H,9,11). The van der Waals surface area contributed by atoms with Crippen LogP contribution in [0.3, 0.4) is 0 Å². The molecule has 0 aliphatic heterocycles. The zero-order valence-corrected chi connectivity index (χ0v) is 6.84. The van der Waals surface area contributed by atoms with Crippen LogP contribution in [0.25, 0.3) is 0 Å². The Labute approximate surface area is 66.8 Å². The number of aliphatic hydroxyl groups excluding tert-OH is 1. The highest BCUT2D eigenvalue weighted by Crippen LogP contribution is 2.17. The third kappa shape index (κ3) is 2.89.